The Labute approximate surface area is 125 Å². The van der Waals surface area contributed by atoms with Crippen LogP contribution in [0.1, 0.15) is 48.4 Å². The number of aromatic amines is 1. The van der Waals surface area contributed by atoms with Crippen LogP contribution < -0.4 is 5.73 Å². The molecule has 2 aromatic rings. The topological polar surface area (TPSA) is 75.0 Å². The van der Waals surface area contributed by atoms with E-state index in [-0.39, 0.29) is 11.8 Å². The Hall–Kier alpha value is -2.30. The van der Waals surface area contributed by atoms with Gasteiger partial charge in [-0.2, -0.15) is 5.10 Å². The lowest BCUT2D eigenvalue weighted by Gasteiger charge is -2.20. The molecule has 1 aromatic heterocycles. The lowest BCUT2D eigenvalue weighted by atomic mass is 10.1. The Bertz CT molecular complexity index is 604. The third kappa shape index (κ3) is 3.24. The quantitative estimate of drug-likeness (QED) is 0.887. The summed E-state index contributed by atoms with van der Waals surface area (Å²) in [6.07, 6.45) is 0. The zero-order valence-electron chi connectivity index (χ0n) is 12.8. The van der Waals surface area contributed by atoms with Crippen molar-refractivity contribution in [3.05, 3.63) is 47.3 Å². The molecule has 0 saturated carbocycles. The molecular formula is C16H22N4O. The van der Waals surface area contributed by atoms with Crippen molar-refractivity contribution < 1.29 is 4.79 Å². The van der Waals surface area contributed by atoms with Crippen LogP contribution in [0.4, 0.5) is 5.69 Å². The van der Waals surface area contributed by atoms with E-state index in [0.29, 0.717) is 24.5 Å². The van der Waals surface area contributed by atoms with Crippen molar-refractivity contribution in [2.45, 2.75) is 33.2 Å². The highest BCUT2D eigenvalue weighted by Gasteiger charge is 2.23. The maximum Gasteiger partial charge on any atom is 0.276 e. The summed E-state index contributed by atoms with van der Waals surface area (Å²) in [4.78, 5) is 14.3. The van der Waals surface area contributed by atoms with Gasteiger partial charge in [-0.1, -0.05) is 44.2 Å². The summed E-state index contributed by atoms with van der Waals surface area (Å²) in [6, 6.07) is 9.90. The number of hydrogen-bond donors (Lipinski definition) is 2. The van der Waals surface area contributed by atoms with Crippen LogP contribution in [-0.4, -0.2) is 27.5 Å². The third-order valence-electron chi connectivity index (χ3n) is 3.50. The van der Waals surface area contributed by atoms with Crippen molar-refractivity contribution in [2.75, 3.05) is 12.3 Å². The number of benzene rings is 1. The highest BCUT2D eigenvalue weighted by Crippen LogP contribution is 2.23. The molecule has 112 valence electrons. The van der Waals surface area contributed by atoms with Gasteiger partial charge in [0.25, 0.3) is 5.91 Å². The Morgan fingerprint density at radius 2 is 2.00 bits per heavy atom. The predicted octanol–water partition coefficient (Wildman–Crippen LogP) is 2.78. The average Bonchev–Trinajstić information content (AvgIpc) is 2.87. The van der Waals surface area contributed by atoms with Crippen molar-refractivity contribution >= 4 is 11.6 Å². The molecule has 0 aliphatic rings. The summed E-state index contributed by atoms with van der Waals surface area (Å²) < 4.78 is 0. The van der Waals surface area contributed by atoms with Crippen LogP contribution in [0.3, 0.4) is 0 Å². The minimum Gasteiger partial charge on any atom is -0.395 e. The van der Waals surface area contributed by atoms with Crippen LogP contribution in [0.5, 0.6) is 0 Å². The number of nitrogens with zero attached hydrogens (tertiary/aromatic N) is 2. The molecule has 5 heteroatoms. The molecule has 3 N–H and O–H groups in total. The molecular weight excluding hydrogens is 264 g/mol. The molecule has 1 amide bonds. The molecule has 1 heterocycles. The van der Waals surface area contributed by atoms with Crippen LogP contribution in [0.25, 0.3) is 0 Å². The summed E-state index contributed by atoms with van der Waals surface area (Å²) in [5, 5.41) is 6.98. The van der Waals surface area contributed by atoms with Gasteiger partial charge < -0.3 is 10.6 Å². The van der Waals surface area contributed by atoms with Crippen molar-refractivity contribution in [2.24, 2.45) is 0 Å². The number of H-pyrrole nitrogens is 1. The maximum atomic E-state index is 12.6. The van der Waals surface area contributed by atoms with Gasteiger partial charge in [-0.05, 0) is 18.4 Å². The number of nitrogens with one attached hydrogen (secondary N) is 1. The van der Waals surface area contributed by atoms with Crippen molar-refractivity contribution in [3.8, 4) is 0 Å². The van der Waals surface area contributed by atoms with Crippen molar-refractivity contribution in [1.82, 2.24) is 15.1 Å². The molecule has 0 fully saturated rings. The summed E-state index contributed by atoms with van der Waals surface area (Å²) in [5.74, 6) is 0.0743. The maximum absolute atomic E-state index is 12.6. The molecule has 0 bridgehead atoms. The largest absolute Gasteiger partial charge is 0.395 e. The van der Waals surface area contributed by atoms with Gasteiger partial charge in [-0.3, -0.25) is 9.89 Å². The second-order valence-electron chi connectivity index (χ2n) is 5.36. The second kappa shape index (κ2) is 6.43. The molecule has 0 radical (unpaired) electrons. The standard InChI is InChI=1S/C16H22N4O/c1-4-20(10-12-8-6-5-7-9-12)16(21)15-13(17)14(11(2)3)18-19-15/h5-9,11H,4,10,17H2,1-3H3,(H,18,19). The number of carbonyl (C=O) groups is 1. The van der Waals surface area contributed by atoms with Crippen LogP contribution in [-0.2, 0) is 6.54 Å². The molecule has 0 spiro atoms. The van der Waals surface area contributed by atoms with Gasteiger partial charge in [0, 0.05) is 13.1 Å². The molecule has 21 heavy (non-hydrogen) atoms. The van der Waals surface area contributed by atoms with E-state index in [1.54, 1.807) is 4.90 Å². The predicted molar refractivity (Wildman–Crippen MR) is 83.9 cm³/mol. The molecule has 0 aliphatic carbocycles. The molecule has 0 unspecified atom stereocenters. The second-order valence-corrected chi connectivity index (χ2v) is 5.36. The molecule has 0 aliphatic heterocycles. The normalized spacial score (nSPS) is 10.9. The zero-order valence-corrected chi connectivity index (χ0v) is 12.8. The number of carbonyl (C=O) groups excluding carboxylic acids is 1. The van der Waals surface area contributed by atoms with E-state index in [1.165, 1.54) is 0 Å². The first-order valence-electron chi connectivity index (χ1n) is 7.21. The number of aromatic nitrogens is 2. The Morgan fingerprint density at radius 3 is 2.52 bits per heavy atom. The van der Waals surface area contributed by atoms with Crippen LogP contribution in [0.2, 0.25) is 0 Å². The summed E-state index contributed by atoms with van der Waals surface area (Å²) in [7, 11) is 0. The Kier molecular flexibility index (Phi) is 4.62. The first-order valence-corrected chi connectivity index (χ1v) is 7.21. The fourth-order valence-corrected chi connectivity index (χ4v) is 2.25. The van der Waals surface area contributed by atoms with E-state index < -0.39 is 0 Å². The number of nitrogen functional groups attached to an aromatic ring is 1. The van der Waals surface area contributed by atoms with Gasteiger partial charge in [-0.25, -0.2) is 0 Å². The SMILES string of the molecule is CCN(Cc1ccccc1)C(=O)c1n[nH]c(C(C)C)c1N. The van der Waals surface area contributed by atoms with Gasteiger partial charge in [0.15, 0.2) is 5.69 Å². The third-order valence-corrected chi connectivity index (χ3v) is 3.50. The molecule has 0 atom stereocenters. The van der Waals surface area contributed by atoms with Gasteiger partial charge in [0.05, 0.1) is 11.4 Å². The summed E-state index contributed by atoms with van der Waals surface area (Å²) in [6.45, 7) is 7.14. The molecule has 0 saturated heterocycles. The monoisotopic (exact) mass is 286 g/mol. The molecule has 5 nitrogen and oxygen atoms in total. The molecule has 1 aromatic carbocycles. The first kappa shape index (κ1) is 15.1. The number of hydrogen-bond acceptors (Lipinski definition) is 3. The Balaban J connectivity index is 2.21. The van der Waals surface area contributed by atoms with Gasteiger partial charge in [0.2, 0.25) is 0 Å². The Morgan fingerprint density at radius 1 is 1.33 bits per heavy atom. The lowest BCUT2D eigenvalue weighted by Crippen LogP contribution is -2.31. The van der Waals surface area contributed by atoms with Gasteiger partial charge in [-0.15, -0.1) is 0 Å². The van der Waals surface area contributed by atoms with E-state index in [2.05, 4.69) is 10.2 Å². The first-order chi connectivity index (χ1) is 10.0. The fourth-order valence-electron chi connectivity index (χ4n) is 2.25. The minimum absolute atomic E-state index is 0.137. The smallest absolute Gasteiger partial charge is 0.276 e. The number of amides is 1. The van der Waals surface area contributed by atoms with Gasteiger partial charge >= 0.3 is 0 Å². The van der Waals surface area contributed by atoms with E-state index in [1.807, 2.05) is 51.1 Å². The van der Waals surface area contributed by atoms with Crippen LogP contribution >= 0.6 is 0 Å². The number of nitrogens with two attached hydrogens (primary N) is 1. The van der Waals surface area contributed by atoms with E-state index in [9.17, 15) is 4.79 Å². The fraction of sp³-hybridized carbons (Fsp3) is 0.375. The minimum atomic E-state index is -0.137. The number of rotatable bonds is 5. The van der Waals surface area contributed by atoms with Crippen molar-refractivity contribution in [1.29, 1.82) is 0 Å². The zero-order chi connectivity index (χ0) is 15.4. The lowest BCUT2D eigenvalue weighted by molar-refractivity contribution is 0.0747. The highest BCUT2D eigenvalue weighted by molar-refractivity contribution is 5.97. The van der Waals surface area contributed by atoms with E-state index in [0.717, 1.165) is 11.3 Å². The number of anilines is 1. The highest BCUT2D eigenvalue weighted by atomic mass is 16.2. The van der Waals surface area contributed by atoms with Crippen molar-refractivity contribution in [3.63, 3.8) is 0 Å². The molecule has 2 rings (SSSR count). The summed E-state index contributed by atoms with van der Waals surface area (Å²) >= 11 is 0. The van der Waals surface area contributed by atoms with E-state index in [4.69, 9.17) is 5.73 Å². The van der Waals surface area contributed by atoms with Crippen LogP contribution in [0.15, 0.2) is 30.3 Å². The average molecular weight is 286 g/mol. The van der Waals surface area contributed by atoms with E-state index >= 15 is 0 Å². The summed E-state index contributed by atoms with van der Waals surface area (Å²) in [5.41, 5.74) is 8.73. The van der Waals surface area contributed by atoms with Gasteiger partial charge in [0.1, 0.15) is 0 Å². The van der Waals surface area contributed by atoms with Crippen LogP contribution in [0, 0.1) is 0 Å².